The van der Waals surface area contributed by atoms with E-state index in [9.17, 15) is 4.79 Å². The van der Waals surface area contributed by atoms with E-state index in [1.807, 2.05) is 126 Å². The van der Waals surface area contributed by atoms with Crippen LogP contribution in [-0.2, 0) is 0 Å². The Bertz CT molecular complexity index is 1560. The third kappa shape index (κ3) is 4.57. The van der Waals surface area contributed by atoms with Crippen LogP contribution in [0.4, 0.5) is 0 Å². The number of hydrogen-bond acceptors (Lipinski definition) is 3. The fourth-order valence-corrected chi connectivity index (χ4v) is 4.76. The van der Waals surface area contributed by atoms with Crippen LogP contribution in [0.1, 0.15) is 33.9 Å². The van der Waals surface area contributed by atoms with E-state index in [0.717, 1.165) is 33.8 Å². The van der Waals surface area contributed by atoms with Gasteiger partial charge in [-0.2, -0.15) is 10.2 Å². The van der Waals surface area contributed by atoms with Crippen molar-refractivity contribution < 1.29 is 4.79 Å². The molecule has 0 bridgehead atoms. The monoisotopic (exact) mass is 502 g/mol. The molecule has 0 saturated carbocycles. The fraction of sp³-hybridized carbons (Fsp3) is 0.0645. The minimum Gasteiger partial charge on any atom is -0.267 e. The van der Waals surface area contributed by atoms with Gasteiger partial charge in [0.1, 0.15) is 0 Å². The molecule has 2 heterocycles. The molecule has 1 amide bonds. The van der Waals surface area contributed by atoms with Crippen molar-refractivity contribution in [3.05, 3.63) is 143 Å². The van der Waals surface area contributed by atoms with Gasteiger partial charge in [0.2, 0.25) is 0 Å². The number of benzene rings is 4. The summed E-state index contributed by atoms with van der Waals surface area (Å²) in [5, 5.41) is 12.1. The first-order valence-corrected chi connectivity index (χ1v) is 12.5. The third-order valence-corrected chi connectivity index (χ3v) is 6.74. The number of hydrogen-bond donors (Lipinski definition) is 0. The van der Waals surface area contributed by atoms with Crippen LogP contribution in [0.15, 0.2) is 127 Å². The van der Waals surface area contributed by atoms with Gasteiger partial charge in [0, 0.05) is 34.3 Å². The Morgan fingerprint density at radius 3 is 2.00 bits per heavy atom. The molecule has 1 atom stereocenters. The third-order valence-electron chi connectivity index (χ3n) is 6.49. The highest BCUT2D eigenvalue weighted by Crippen LogP contribution is 2.39. The average molecular weight is 503 g/mol. The largest absolute Gasteiger partial charge is 0.274 e. The Morgan fingerprint density at radius 1 is 0.757 bits per heavy atom. The van der Waals surface area contributed by atoms with E-state index >= 15 is 0 Å². The standard InChI is InChI=1S/C31H23ClN4O/c32-25-16-18-26(19-17-25)35-21-27(30(34-35)23-12-6-2-7-13-23)29-20-28(22-10-4-1-5-11-22)33-36(29)31(37)24-14-8-3-9-15-24/h1-19,21,29H,20H2. The van der Waals surface area contributed by atoms with Crippen molar-refractivity contribution in [1.82, 2.24) is 14.8 Å². The molecular weight excluding hydrogens is 480 g/mol. The lowest BCUT2D eigenvalue weighted by molar-refractivity contribution is 0.0711. The Balaban J connectivity index is 1.49. The summed E-state index contributed by atoms with van der Waals surface area (Å²) < 4.78 is 1.85. The molecule has 0 N–H and O–H groups in total. The second-order valence-electron chi connectivity index (χ2n) is 8.87. The molecule has 1 aliphatic rings. The normalized spacial score (nSPS) is 15.0. The van der Waals surface area contributed by atoms with Crippen LogP contribution in [0, 0.1) is 0 Å². The number of hydrazone groups is 1. The first kappa shape index (κ1) is 23.0. The molecule has 0 fully saturated rings. The molecule has 0 saturated heterocycles. The van der Waals surface area contributed by atoms with E-state index in [1.165, 1.54) is 0 Å². The lowest BCUT2D eigenvalue weighted by atomic mass is 9.96. The van der Waals surface area contributed by atoms with Crippen LogP contribution in [-0.4, -0.2) is 26.4 Å². The van der Waals surface area contributed by atoms with Crippen molar-refractivity contribution in [2.75, 3.05) is 0 Å². The van der Waals surface area contributed by atoms with E-state index < -0.39 is 0 Å². The molecule has 37 heavy (non-hydrogen) atoms. The second-order valence-corrected chi connectivity index (χ2v) is 9.30. The molecule has 6 rings (SSSR count). The van der Waals surface area contributed by atoms with Gasteiger partial charge in [0.25, 0.3) is 5.91 Å². The van der Waals surface area contributed by atoms with Crippen molar-refractivity contribution >= 4 is 23.2 Å². The van der Waals surface area contributed by atoms with E-state index in [2.05, 4.69) is 0 Å². The van der Waals surface area contributed by atoms with Gasteiger partial charge < -0.3 is 0 Å². The van der Waals surface area contributed by atoms with Gasteiger partial charge in [0.15, 0.2) is 0 Å². The number of carbonyl (C=O) groups excluding carboxylic acids is 1. The molecule has 5 nitrogen and oxygen atoms in total. The van der Waals surface area contributed by atoms with Gasteiger partial charge in [-0.25, -0.2) is 9.69 Å². The highest BCUT2D eigenvalue weighted by atomic mass is 35.5. The first-order chi connectivity index (χ1) is 18.2. The average Bonchev–Trinajstić information content (AvgIpc) is 3.60. The van der Waals surface area contributed by atoms with Crippen molar-refractivity contribution in [2.45, 2.75) is 12.5 Å². The van der Waals surface area contributed by atoms with Crippen LogP contribution in [0.2, 0.25) is 5.02 Å². The van der Waals surface area contributed by atoms with Crippen LogP contribution < -0.4 is 0 Å². The van der Waals surface area contributed by atoms with E-state index in [0.29, 0.717) is 17.0 Å². The number of carbonyl (C=O) groups is 1. The zero-order valence-electron chi connectivity index (χ0n) is 19.9. The Labute approximate surface area is 220 Å². The molecule has 180 valence electrons. The summed E-state index contributed by atoms with van der Waals surface area (Å²) in [6.07, 6.45) is 2.58. The van der Waals surface area contributed by atoms with E-state index in [4.69, 9.17) is 21.8 Å². The number of aromatic nitrogens is 2. The Hall–Kier alpha value is -4.48. The summed E-state index contributed by atoms with van der Waals surface area (Å²) in [5.41, 5.74) is 6.07. The molecule has 1 aromatic heterocycles. The second kappa shape index (κ2) is 9.88. The maximum atomic E-state index is 13.7. The van der Waals surface area contributed by atoms with Crippen molar-refractivity contribution in [2.24, 2.45) is 5.10 Å². The van der Waals surface area contributed by atoms with Gasteiger partial charge in [-0.05, 0) is 42.0 Å². The molecule has 6 heteroatoms. The molecule has 4 aromatic carbocycles. The van der Waals surface area contributed by atoms with Crippen molar-refractivity contribution in [3.63, 3.8) is 0 Å². The molecule has 1 unspecified atom stereocenters. The van der Waals surface area contributed by atoms with Crippen LogP contribution >= 0.6 is 11.6 Å². The van der Waals surface area contributed by atoms with E-state index in [-0.39, 0.29) is 11.9 Å². The maximum Gasteiger partial charge on any atom is 0.274 e. The van der Waals surface area contributed by atoms with Crippen LogP contribution in [0.3, 0.4) is 0 Å². The predicted octanol–water partition coefficient (Wildman–Crippen LogP) is 7.18. The smallest absolute Gasteiger partial charge is 0.267 e. The predicted molar refractivity (Wildman–Crippen MR) is 147 cm³/mol. The fourth-order valence-electron chi connectivity index (χ4n) is 4.64. The highest BCUT2D eigenvalue weighted by molar-refractivity contribution is 6.30. The quantitative estimate of drug-likeness (QED) is 0.255. The topological polar surface area (TPSA) is 50.5 Å². The number of nitrogens with zero attached hydrogens (tertiary/aromatic N) is 4. The van der Waals surface area contributed by atoms with Gasteiger partial charge in [-0.3, -0.25) is 4.79 Å². The molecule has 1 aliphatic heterocycles. The van der Waals surface area contributed by atoms with Crippen molar-refractivity contribution in [3.8, 4) is 16.9 Å². The molecular formula is C31H23ClN4O. The summed E-state index contributed by atoms with van der Waals surface area (Å²) in [7, 11) is 0. The summed E-state index contributed by atoms with van der Waals surface area (Å²) in [4.78, 5) is 13.7. The van der Waals surface area contributed by atoms with Crippen LogP contribution in [0.5, 0.6) is 0 Å². The molecule has 0 aliphatic carbocycles. The van der Waals surface area contributed by atoms with Gasteiger partial charge in [-0.1, -0.05) is 90.5 Å². The summed E-state index contributed by atoms with van der Waals surface area (Å²) in [5.74, 6) is -0.144. The van der Waals surface area contributed by atoms with E-state index in [1.54, 1.807) is 5.01 Å². The summed E-state index contributed by atoms with van der Waals surface area (Å²) in [6.45, 7) is 0. The summed E-state index contributed by atoms with van der Waals surface area (Å²) in [6, 6.07) is 36.6. The van der Waals surface area contributed by atoms with Gasteiger partial charge in [-0.15, -0.1) is 0 Å². The van der Waals surface area contributed by atoms with Crippen molar-refractivity contribution in [1.29, 1.82) is 0 Å². The zero-order chi connectivity index (χ0) is 25.2. The lowest BCUT2D eigenvalue weighted by Gasteiger charge is -2.22. The van der Waals surface area contributed by atoms with Crippen LogP contribution in [0.25, 0.3) is 16.9 Å². The molecule has 0 radical (unpaired) electrons. The number of amides is 1. The molecule has 5 aromatic rings. The minimum absolute atomic E-state index is 0.144. The van der Waals surface area contributed by atoms with Gasteiger partial charge in [0.05, 0.1) is 23.1 Å². The zero-order valence-corrected chi connectivity index (χ0v) is 20.7. The van der Waals surface area contributed by atoms with Gasteiger partial charge >= 0.3 is 0 Å². The highest BCUT2D eigenvalue weighted by Gasteiger charge is 2.36. The SMILES string of the molecule is O=C(c1ccccc1)N1N=C(c2ccccc2)CC1c1cn(-c2ccc(Cl)cc2)nc1-c1ccccc1. The number of rotatable bonds is 5. The maximum absolute atomic E-state index is 13.7. The molecule has 0 spiro atoms. The number of halogens is 1. The lowest BCUT2D eigenvalue weighted by Crippen LogP contribution is -2.27. The summed E-state index contributed by atoms with van der Waals surface area (Å²) >= 11 is 6.13. The Kier molecular flexibility index (Phi) is 6.13. The Morgan fingerprint density at radius 2 is 1.35 bits per heavy atom. The minimum atomic E-state index is -0.320. The first-order valence-electron chi connectivity index (χ1n) is 12.1.